The molecule has 3 aromatic carbocycles. The number of nitrogens with one attached hydrogen (secondary N) is 1. The largest absolute Gasteiger partial charge is 0.493 e. The number of halogens is 4. The Kier molecular flexibility index (Phi) is 8.55. The lowest BCUT2D eigenvalue weighted by Crippen LogP contribution is -2.17. The maximum Gasteiger partial charge on any atom is 0.166 e. The SMILES string of the molecule is COc1cccc(CNCCc2ccc(Cl)cc2Cl)c1OCc1c(Cl)cccc1Cl. The van der Waals surface area contributed by atoms with E-state index in [4.69, 9.17) is 55.9 Å². The van der Waals surface area contributed by atoms with Gasteiger partial charge in [-0.05, 0) is 48.9 Å². The average Bonchev–Trinajstić information content (AvgIpc) is 2.72. The van der Waals surface area contributed by atoms with Crippen molar-refractivity contribution in [2.24, 2.45) is 0 Å². The van der Waals surface area contributed by atoms with Crippen molar-refractivity contribution in [3.8, 4) is 11.5 Å². The Labute approximate surface area is 196 Å². The molecular weight excluding hydrogens is 464 g/mol. The summed E-state index contributed by atoms with van der Waals surface area (Å²) in [5.74, 6) is 1.31. The number of rotatable bonds is 9. The predicted octanol–water partition coefficient (Wildman–Crippen LogP) is 7.22. The van der Waals surface area contributed by atoms with E-state index >= 15 is 0 Å². The highest BCUT2D eigenvalue weighted by Crippen LogP contribution is 2.33. The van der Waals surface area contributed by atoms with Crippen molar-refractivity contribution < 1.29 is 9.47 Å². The lowest BCUT2D eigenvalue weighted by molar-refractivity contribution is 0.281. The van der Waals surface area contributed by atoms with Crippen LogP contribution in [0.1, 0.15) is 16.7 Å². The van der Waals surface area contributed by atoms with Crippen LogP contribution in [0.4, 0.5) is 0 Å². The molecule has 0 amide bonds. The molecule has 158 valence electrons. The zero-order valence-corrected chi connectivity index (χ0v) is 19.4. The minimum atomic E-state index is 0.242. The quantitative estimate of drug-likeness (QED) is 0.325. The number of methoxy groups -OCH3 is 1. The van der Waals surface area contributed by atoms with Crippen LogP contribution < -0.4 is 14.8 Å². The molecule has 1 N–H and O–H groups in total. The smallest absolute Gasteiger partial charge is 0.166 e. The zero-order valence-electron chi connectivity index (χ0n) is 16.4. The summed E-state index contributed by atoms with van der Waals surface area (Å²) in [7, 11) is 1.62. The average molecular weight is 485 g/mol. The first kappa shape index (κ1) is 23.1. The first-order valence-electron chi connectivity index (χ1n) is 9.35. The maximum atomic E-state index is 6.27. The number of hydrogen-bond acceptors (Lipinski definition) is 3. The third-order valence-corrected chi connectivity index (χ3v) is 5.90. The van der Waals surface area contributed by atoms with Crippen LogP contribution in [-0.2, 0) is 19.6 Å². The Morgan fingerprint density at radius 1 is 0.833 bits per heavy atom. The first-order valence-corrected chi connectivity index (χ1v) is 10.9. The van der Waals surface area contributed by atoms with Crippen molar-refractivity contribution in [3.63, 3.8) is 0 Å². The number of para-hydroxylation sites is 1. The molecule has 3 nitrogen and oxygen atoms in total. The van der Waals surface area contributed by atoms with Gasteiger partial charge < -0.3 is 14.8 Å². The van der Waals surface area contributed by atoms with E-state index in [9.17, 15) is 0 Å². The van der Waals surface area contributed by atoms with Gasteiger partial charge in [0.1, 0.15) is 6.61 Å². The number of ether oxygens (including phenoxy) is 2. The van der Waals surface area contributed by atoms with Gasteiger partial charge in [0.25, 0.3) is 0 Å². The van der Waals surface area contributed by atoms with E-state index in [2.05, 4.69) is 5.32 Å². The van der Waals surface area contributed by atoms with Crippen LogP contribution in [-0.4, -0.2) is 13.7 Å². The molecule has 0 heterocycles. The number of benzene rings is 3. The van der Waals surface area contributed by atoms with Crippen molar-refractivity contribution in [2.75, 3.05) is 13.7 Å². The molecular formula is C23H21Cl4NO2. The molecule has 3 aromatic rings. The van der Waals surface area contributed by atoms with Crippen molar-refractivity contribution in [1.29, 1.82) is 0 Å². The van der Waals surface area contributed by atoms with Crippen LogP contribution in [0.3, 0.4) is 0 Å². The standard InChI is InChI=1S/C23H21Cl4NO2/c1-29-22-7-2-4-16(13-28-11-10-15-8-9-17(24)12-21(15)27)23(22)30-14-18-19(25)5-3-6-20(18)26/h2-9,12,28H,10-11,13-14H2,1H3. The van der Waals surface area contributed by atoms with E-state index in [1.54, 1.807) is 31.4 Å². The van der Waals surface area contributed by atoms with Gasteiger partial charge in [0.15, 0.2) is 11.5 Å². The minimum Gasteiger partial charge on any atom is -0.493 e. The first-order chi connectivity index (χ1) is 14.5. The molecule has 0 aliphatic rings. The molecule has 7 heteroatoms. The van der Waals surface area contributed by atoms with E-state index in [0.29, 0.717) is 38.1 Å². The molecule has 0 saturated carbocycles. The molecule has 0 unspecified atom stereocenters. The van der Waals surface area contributed by atoms with Crippen molar-refractivity contribution >= 4 is 46.4 Å². The van der Waals surface area contributed by atoms with E-state index < -0.39 is 0 Å². The normalized spacial score (nSPS) is 10.8. The van der Waals surface area contributed by atoms with Gasteiger partial charge in [-0.3, -0.25) is 0 Å². The van der Waals surface area contributed by atoms with E-state index in [1.165, 1.54) is 0 Å². The maximum absolute atomic E-state index is 6.27. The van der Waals surface area contributed by atoms with E-state index in [0.717, 1.165) is 29.7 Å². The summed E-state index contributed by atoms with van der Waals surface area (Å²) in [5.41, 5.74) is 2.76. The summed E-state index contributed by atoms with van der Waals surface area (Å²) in [4.78, 5) is 0. The monoisotopic (exact) mass is 483 g/mol. The summed E-state index contributed by atoms with van der Waals surface area (Å²) in [6, 6.07) is 16.7. The fourth-order valence-corrected chi connectivity index (χ4v) is 4.02. The van der Waals surface area contributed by atoms with Crippen LogP contribution >= 0.6 is 46.4 Å². The van der Waals surface area contributed by atoms with E-state index in [-0.39, 0.29) is 6.61 Å². The molecule has 0 saturated heterocycles. The molecule has 0 spiro atoms. The zero-order chi connectivity index (χ0) is 21.5. The third-order valence-electron chi connectivity index (χ3n) is 4.60. The van der Waals surface area contributed by atoms with E-state index in [1.807, 2.05) is 30.3 Å². The Bertz CT molecular complexity index is 990. The molecule has 30 heavy (non-hydrogen) atoms. The molecule has 0 radical (unpaired) electrons. The lowest BCUT2D eigenvalue weighted by atomic mass is 10.1. The minimum absolute atomic E-state index is 0.242. The second kappa shape index (κ2) is 11.1. The molecule has 0 atom stereocenters. The Hall–Kier alpha value is -1.62. The summed E-state index contributed by atoms with van der Waals surface area (Å²) in [5, 5.41) is 5.86. The van der Waals surface area contributed by atoms with Gasteiger partial charge in [0, 0.05) is 37.8 Å². The highest BCUT2D eigenvalue weighted by molar-refractivity contribution is 6.36. The van der Waals surface area contributed by atoms with Crippen LogP contribution in [0.2, 0.25) is 20.1 Å². The molecule has 0 aliphatic carbocycles. The van der Waals surface area contributed by atoms with Crippen LogP contribution in [0.15, 0.2) is 54.6 Å². The van der Waals surface area contributed by atoms with Crippen molar-refractivity contribution in [3.05, 3.63) is 91.4 Å². The summed E-state index contributed by atoms with van der Waals surface area (Å²) in [6.07, 6.45) is 0.783. The van der Waals surface area contributed by atoms with Crippen LogP contribution in [0.25, 0.3) is 0 Å². The predicted molar refractivity (Wildman–Crippen MR) is 126 cm³/mol. The Morgan fingerprint density at radius 2 is 1.57 bits per heavy atom. The van der Waals surface area contributed by atoms with Crippen LogP contribution in [0, 0.1) is 0 Å². The highest BCUT2D eigenvalue weighted by Gasteiger charge is 2.13. The molecule has 3 rings (SSSR count). The third kappa shape index (κ3) is 5.96. The summed E-state index contributed by atoms with van der Waals surface area (Å²) in [6.45, 7) is 1.59. The van der Waals surface area contributed by atoms with Gasteiger partial charge in [-0.15, -0.1) is 0 Å². The van der Waals surface area contributed by atoms with Crippen LogP contribution in [0.5, 0.6) is 11.5 Å². The van der Waals surface area contributed by atoms with Crippen molar-refractivity contribution in [2.45, 2.75) is 19.6 Å². The fraction of sp³-hybridized carbons (Fsp3) is 0.217. The second-order valence-corrected chi connectivity index (χ2v) is 8.26. The van der Waals surface area contributed by atoms with Gasteiger partial charge in [-0.2, -0.15) is 0 Å². The Balaban J connectivity index is 1.66. The fourth-order valence-electron chi connectivity index (χ4n) is 3.01. The molecule has 0 aliphatic heterocycles. The summed E-state index contributed by atoms with van der Waals surface area (Å²) < 4.78 is 11.6. The number of hydrogen-bond donors (Lipinski definition) is 1. The van der Waals surface area contributed by atoms with Gasteiger partial charge in [0.2, 0.25) is 0 Å². The lowest BCUT2D eigenvalue weighted by Gasteiger charge is -2.17. The topological polar surface area (TPSA) is 30.5 Å². The Morgan fingerprint density at radius 3 is 2.27 bits per heavy atom. The van der Waals surface area contributed by atoms with Crippen molar-refractivity contribution in [1.82, 2.24) is 5.32 Å². The molecule has 0 aromatic heterocycles. The highest BCUT2D eigenvalue weighted by atomic mass is 35.5. The van der Waals surface area contributed by atoms with Gasteiger partial charge >= 0.3 is 0 Å². The molecule has 0 bridgehead atoms. The molecule has 0 fully saturated rings. The summed E-state index contributed by atoms with van der Waals surface area (Å²) >= 11 is 24.7. The van der Waals surface area contributed by atoms with Gasteiger partial charge in [-0.25, -0.2) is 0 Å². The van der Waals surface area contributed by atoms with Gasteiger partial charge in [0.05, 0.1) is 7.11 Å². The van der Waals surface area contributed by atoms with Gasteiger partial charge in [-0.1, -0.05) is 70.7 Å². The second-order valence-electron chi connectivity index (χ2n) is 6.60.